The Balaban J connectivity index is 3.64. The summed E-state index contributed by atoms with van der Waals surface area (Å²) in [6.07, 6.45) is 3.16. The van der Waals surface area contributed by atoms with Gasteiger partial charge in [-0.15, -0.1) is 0 Å². The van der Waals surface area contributed by atoms with Crippen LogP contribution in [0, 0.1) is 5.92 Å². The topological polar surface area (TPSA) is 26.0 Å². The van der Waals surface area contributed by atoms with Crippen molar-refractivity contribution in [2.24, 2.45) is 11.7 Å². The predicted octanol–water partition coefficient (Wildman–Crippen LogP) is 2.28. The molecule has 0 aliphatic rings. The van der Waals surface area contributed by atoms with Gasteiger partial charge in [0, 0.05) is 6.04 Å². The lowest BCUT2D eigenvalue weighted by molar-refractivity contribution is 0.635. The molecule has 1 nitrogen and oxygen atoms in total. The highest BCUT2D eigenvalue weighted by molar-refractivity contribution is 7.98. The molecule has 11 heavy (non-hydrogen) atoms. The van der Waals surface area contributed by atoms with Gasteiger partial charge in [-0.05, 0) is 24.3 Å². The van der Waals surface area contributed by atoms with E-state index in [0.717, 1.165) is 12.2 Å². The standard InChI is InChI=1S/C9H19NS/c1-7(2)8(3)9(10)5-6-11-4/h7,9H,3,5-6,10H2,1-2,4H3/t9-/m0/s1. The monoisotopic (exact) mass is 173 g/mol. The molecule has 0 fully saturated rings. The number of hydrogen-bond acceptors (Lipinski definition) is 2. The van der Waals surface area contributed by atoms with Crippen LogP contribution >= 0.6 is 11.8 Å². The van der Waals surface area contributed by atoms with E-state index in [1.165, 1.54) is 5.57 Å². The van der Waals surface area contributed by atoms with E-state index in [1.807, 2.05) is 11.8 Å². The average Bonchev–Trinajstić information content (AvgIpc) is 1.98. The van der Waals surface area contributed by atoms with Crippen LogP contribution in [0.25, 0.3) is 0 Å². The summed E-state index contributed by atoms with van der Waals surface area (Å²) in [6, 6.07) is 0.197. The zero-order valence-corrected chi connectivity index (χ0v) is 8.58. The van der Waals surface area contributed by atoms with Crippen molar-refractivity contribution >= 4 is 11.8 Å². The van der Waals surface area contributed by atoms with Gasteiger partial charge in [0.25, 0.3) is 0 Å². The Morgan fingerprint density at radius 1 is 1.55 bits per heavy atom. The summed E-state index contributed by atoms with van der Waals surface area (Å²) >= 11 is 1.84. The average molecular weight is 173 g/mol. The molecule has 0 aliphatic heterocycles. The Hall–Kier alpha value is 0.0500. The van der Waals surface area contributed by atoms with Crippen LogP contribution in [-0.2, 0) is 0 Å². The van der Waals surface area contributed by atoms with Gasteiger partial charge in [-0.25, -0.2) is 0 Å². The third-order valence-electron chi connectivity index (χ3n) is 1.85. The summed E-state index contributed by atoms with van der Waals surface area (Å²) in [5.74, 6) is 1.65. The fourth-order valence-corrected chi connectivity index (χ4v) is 1.35. The van der Waals surface area contributed by atoms with Crippen LogP contribution in [0.5, 0.6) is 0 Å². The summed E-state index contributed by atoms with van der Waals surface area (Å²) in [5.41, 5.74) is 7.07. The van der Waals surface area contributed by atoms with Gasteiger partial charge in [-0.1, -0.05) is 26.0 Å². The molecule has 0 rings (SSSR count). The smallest absolute Gasteiger partial charge is 0.0261 e. The van der Waals surface area contributed by atoms with Crippen molar-refractivity contribution in [1.82, 2.24) is 0 Å². The summed E-state index contributed by atoms with van der Waals surface area (Å²) in [4.78, 5) is 0. The SMILES string of the molecule is C=C(C(C)C)[C@@H](N)CCSC. The van der Waals surface area contributed by atoms with Gasteiger partial charge in [-0.2, -0.15) is 11.8 Å². The maximum atomic E-state index is 5.89. The van der Waals surface area contributed by atoms with Crippen molar-refractivity contribution in [3.63, 3.8) is 0 Å². The quantitative estimate of drug-likeness (QED) is 0.645. The third kappa shape index (κ3) is 4.49. The van der Waals surface area contributed by atoms with Gasteiger partial charge in [-0.3, -0.25) is 0 Å². The van der Waals surface area contributed by atoms with Gasteiger partial charge in [0.2, 0.25) is 0 Å². The third-order valence-corrected chi connectivity index (χ3v) is 2.49. The molecule has 0 aromatic heterocycles. The maximum Gasteiger partial charge on any atom is 0.0261 e. The molecule has 2 heteroatoms. The van der Waals surface area contributed by atoms with Crippen molar-refractivity contribution in [2.45, 2.75) is 26.3 Å². The van der Waals surface area contributed by atoms with Crippen molar-refractivity contribution in [1.29, 1.82) is 0 Å². The van der Waals surface area contributed by atoms with Crippen molar-refractivity contribution in [2.75, 3.05) is 12.0 Å². The Morgan fingerprint density at radius 2 is 2.09 bits per heavy atom. The van der Waals surface area contributed by atoms with E-state index in [-0.39, 0.29) is 6.04 Å². The highest BCUT2D eigenvalue weighted by Crippen LogP contribution is 2.13. The number of thioether (sulfide) groups is 1. The van der Waals surface area contributed by atoms with Crippen molar-refractivity contribution in [3.05, 3.63) is 12.2 Å². The number of hydrogen-bond donors (Lipinski definition) is 1. The lowest BCUT2D eigenvalue weighted by atomic mass is 9.97. The molecule has 2 N–H and O–H groups in total. The normalized spacial score (nSPS) is 13.5. The van der Waals surface area contributed by atoms with Gasteiger partial charge in [0.05, 0.1) is 0 Å². The van der Waals surface area contributed by atoms with Gasteiger partial charge >= 0.3 is 0 Å². The molecule has 0 saturated heterocycles. The van der Waals surface area contributed by atoms with Gasteiger partial charge in [0.15, 0.2) is 0 Å². The zero-order valence-electron chi connectivity index (χ0n) is 7.76. The summed E-state index contributed by atoms with van der Waals surface area (Å²) in [6.45, 7) is 8.25. The molecule has 0 saturated carbocycles. The minimum absolute atomic E-state index is 0.197. The molecule has 0 aromatic carbocycles. The molecule has 0 aliphatic carbocycles. The molecular weight excluding hydrogens is 154 g/mol. The molecule has 0 heterocycles. The first-order chi connectivity index (χ1) is 5.09. The van der Waals surface area contributed by atoms with Crippen LogP contribution in [0.3, 0.4) is 0 Å². The highest BCUT2D eigenvalue weighted by Gasteiger charge is 2.09. The Labute approximate surface area is 74.4 Å². The molecule has 0 spiro atoms. The first-order valence-corrected chi connectivity index (χ1v) is 5.42. The van der Waals surface area contributed by atoms with Gasteiger partial charge in [0.1, 0.15) is 0 Å². The van der Waals surface area contributed by atoms with Crippen molar-refractivity contribution < 1.29 is 0 Å². The first kappa shape index (κ1) is 11.1. The maximum absolute atomic E-state index is 5.89. The van der Waals surface area contributed by atoms with Crippen molar-refractivity contribution in [3.8, 4) is 0 Å². The molecule has 66 valence electrons. The van der Waals surface area contributed by atoms with Gasteiger partial charge < -0.3 is 5.73 Å². The highest BCUT2D eigenvalue weighted by atomic mass is 32.2. The van der Waals surface area contributed by atoms with Crippen LogP contribution in [0.1, 0.15) is 20.3 Å². The Morgan fingerprint density at radius 3 is 2.45 bits per heavy atom. The molecule has 0 bridgehead atoms. The van der Waals surface area contributed by atoms with Crippen LogP contribution in [0.4, 0.5) is 0 Å². The zero-order chi connectivity index (χ0) is 8.85. The minimum Gasteiger partial charge on any atom is -0.324 e. The fraction of sp³-hybridized carbons (Fsp3) is 0.778. The molecule has 0 aromatic rings. The van der Waals surface area contributed by atoms with E-state index in [9.17, 15) is 0 Å². The van der Waals surface area contributed by atoms with E-state index in [4.69, 9.17) is 5.73 Å². The second kappa shape index (κ2) is 5.67. The summed E-state index contributed by atoms with van der Waals surface area (Å²) in [7, 11) is 0. The molecule has 1 atom stereocenters. The minimum atomic E-state index is 0.197. The van der Waals surface area contributed by atoms with E-state index >= 15 is 0 Å². The Bertz CT molecular complexity index is 121. The second-order valence-electron chi connectivity index (χ2n) is 3.12. The molecule has 0 radical (unpaired) electrons. The summed E-state index contributed by atoms with van der Waals surface area (Å²) in [5, 5.41) is 0. The first-order valence-electron chi connectivity index (χ1n) is 4.02. The summed E-state index contributed by atoms with van der Waals surface area (Å²) < 4.78 is 0. The van der Waals surface area contributed by atoms with E-state index in [2.05, 4.69) is 26.7 Å². The van der Waals surface area contributed by atoms with Crippen LogP contribution in [0.15, 0.2) is 12.2 Å². The van der Waals surface area contributed by atoms with Crippen LogP contribution in [-0.4, -0.2) is 18.1 Å². The molecule has 0 unspecified atom stereocenters. The number of nitrogens with two attached hydrogens (primary N) is 1. The number of rotatable bonds is 5. The predicted molar refractivity (Wildman–Crippen MR) is 55.0 cm³/mol. The van der Waals surface area contributed by atoms with Crippen LogP contribution < -0.4 is 5.73 Å². The Kier molecular flexibility index (Phi) is 5.69. The largest absolute Gasteiger partial charge is 0.324 e. The van der Waals surface area contributed by atoms with Crippen LogP contribution in [0.2, 0.25) is 0 Å². The second-order valence-corrected chi connectivity index (χ2v) is 4.10. The lowest BCUT2D eigenvalue weighted by Crippen LogP contribution is -2.25. The fourth-order valence-electron chi connectivity index (χ4n) is 0.858. The van der Waals surface area contributed by atoms with E-state index < -0.39 is 0 Å². The lowest BCUT2D eigenvalue weighted by Gasteiger charge is -2.16. The molecular formula is C9H19NS. The molecule has 0 amide bonds. The van der Waals surface area contributed by atoms with E-state index in [0.29, 0.717) is 5.92 Å². The van der Waals surface area contributed by atoms with E-state index in [1.54, 1.807) is 0 Å².